The second kappa shape index (κ2) is 8.93. The summed E-state index contributed by atoms with van der Waals surface area (Å²) in [5.41, 5.74) is 0.702. The van der Waals surface area contributed by atoms with Crippen molar-refractivity contribution in [2.24, 2.45) is 17.8 Å². The van der Waals surface area contributed by atoms with Gasteiger partial charge >= 0.3 is 5.97 Å². The van der Waals surface area contributed by atoms with Crippen molar-refractivity contribution in [2.75, 3.05) is 13.7 Å². The van der Waals surface area contributed by atoms with Crippen LogP contribution in [0.15, 0.2) is 24.3 Å². The van der Waals surface area contributed by atoms with Gasteiger partial charge in [-0.15, -0.1) is 0 Å². The molecule has 5 rings (SSSR count). The van der Waals surface area contributed by atoms with Crippen LogP contribution in [0.5, 0.6) is 11.5 Å². The van der Waals surface area contributed by atoms with Crippen LogP contribution in [-0.4, -0.2) is 37.2 Å². The van der Waals surface area contributed by atoms with Crippen LogP contribution in [0.25, 0.3) is 6.08 Å². The second-order valence-corrected chi connectivity index (χ2v) is 9.44. The third-order valence-electron chi connectivity index (χ3n) is 6.99. The highest BCUT2D eigenvalue weighted by molar-refractivity contribution is 5.90. The Morgan fingerprint density at radius 3 is 2.35 bits per heavy atom. The number of hydrogen-bond acceptors (Lipinski definition) is 5. The molecule has 0 radical (unpaired) electrons. The molecule has 4 bridgehead atoms. The van der Waals surface area contributed by atoms with E-state index in [1.165, 1.54) is 25.3 Å². The maximum Gasteiger partial charge on any atom is 0.331 e. The van der Waals surface area contributed by atoms with Gasteiger partial charge < -0.3 is 19.5 Å². The largest absolute Gasteiger partial charge is 0.493 e. The van der Waals surface area contributed by atoms with Gasteiger partial charge in [0.2, 0.25) is 0 Å². The van der Waals surface area contributed by atoms with E-state index in [0.29, 0.717) is 18.1 Å². The number of ether oxygens (including phenoxy) is 3. The first-order chi connectivity index (χ1) is 14.9. The Labute approximate surface area is 184 Å². The molecule has 1 amide bonds. The van der Waals surface area contributed by atoms with Crippen molar-refractivity contribution in [1.82, 2.24) is 5.32 Å². The van der Waals surface area contributed by atoms with Gasteiger partial charge in [0, 0.05) is 11.6 Å². The van der Waals surface area contributed by atoms with Crippen LogP contribution in [0.3, 0.4) is 0 Å². The highest BCUT2D eigenvalue weighted by atomic mass is 16.5. The van der Waals surface area contributed by atoms with Crippen molar-refractivity contribution in [3.63, 3.8) is 0 Å². The van der Waals surface area contributed by atoms with E-state index in [2.05, 4.69) is 5.32 Å². The number of nitrogens with one attached hydrogen (secondary N) is 1. The van der Waals surface area contributed by atoms with Crippen molar-refractivity contribution in [3.8, 4) is 11.5 Å². The van der Waals surface area contributed by atoms with Gasteiger partial charge in [-0.2, -0.15) is 0 Å². The molecule has 0 saturated heterocycles. The minimum absolute atomic E-state index is 0.0822. The van der Waals surface area contributed by atoms with Crippen LogP contribution in [0.1, 0.15) is 57.9 Å². The van der Waals surface area contributed by atoms with Crippen molar-refractivity contribution in [1.29, 1.82) is 0 Å². The Kier molecular flexibility index (Phi) is 6.26. The van der Waals surface area contributed by atoms with Gasteiger partial charge in [-0.05, 0) is 93.9 Å². The van der Waals surface area contributed by atoms with E-state index in [1.807, 2.05) is 13.0 Å². The molecule has 1 atom stereocenters. The van der Waals surface area contributed by atoms with E-state index in [-0.39, 0.29) is 11.4 Å². The van der Waals surface area contributed by atoms with Gasteiger partial charge in [0.15, 0.2) is 17.6 Å². The van der Waals surface area contributed by atoms with Gasteiger partial charge in [-0.25, -0.2) is 4.79 Å². The van der Waals surface area contributed by atoms with Crippen molar-refractivity contribution < 1.29 is 23.8 Å². The van der Waals surface area contributed by atoms with Gasteiger partial charge in [0.05, 0.1) is 13.7 Å². The Bertz CT molecular complexity index is 826. The van der Waals surface area contributed by atoms with Gasteiger partial charge in [-0.3, -0.25) is 4.79 Å². The van der Waals surface area contributed by atoms with Crippen molar-refractivity contribution >= 4 is 18.0 Å². The first-order valence-corrected chi connectivity index (χ1v) is 11.4. The Balaban J connectivity index is 1.32. The summed E-state index contributed by atoms with van der Waals surface area (Å²) in [7, 11) is 1.58. The van der Waals surface area contributed by atoms with E-state index >= 15 is 0 Å². The summed E-state index contributed by atoms with van der Waals surface area (Å²) in [6.45, 7) is 4.05. The summed E-state index contributed by atoms with van der Waals surface area (Å²) in [5.74, 6) is 2.77. The van der Waals surface area contributed by atoms with Crippen LogP contribution < -0.4 is 14.8 Å². The van der Waals surface area contributed by atoms with Crippen molar-refractivity contribution in [3.05, 3.63) is 29.8 Å². The maximum absolute atomic E-state index is 12.8. The molecule has 0 aliphatic heterocycles. The number of benzene rings is 1. The first kappa shape index (κ1) is 21.7. The van der Waals surface area contributed by atoms with Gasteiger partial charge in [-0.1, -0.05) is 6.07 Å². The summed E-state index contributed by atoms with van der Waals surface area (Å²) >= 11 is 0. The molecule has 6 nitrogen and oxygen atoms in total. The molecule has 4 fully saturated rings. The fourth-order valence-electron chi connectivity index (χ4n) is 6.12. The standard InChI is InChI=1S/C25H33NO5/c1-4-30-22-12-17(5-7-21(22)29-3)6-8-23(27)31-16(2)24(28)26-25-13-18-9-19(14-25)11-20(10-18)15-25/h5-8,12,16,18-20H,4,9-11,13-15H2,1-3H3,(H,26,28)/b8-6+/t16-,18?,19?,20?,25?/m1/s1. The predicted molar refractivity (Wildman–Crippen MR) is 118 cm³/mol. The van der Waals surface area contributed by atoms with Crippen LogP contribution in [0, 0.1) is 17.8 Å². The number of carbonyl (C=O) groups is 2. The minimum atomic E-state index is -0.819. The summed E-state index contributed by atoms with van der Waals surface area (Å²) in [6, 6.07) is 5.42. The smallest absolute Gasteiger partial charge is 0.331 e. The first-order valence-electron chi connectivity index (χ1n) is 11.4. The fraction of sp³-hybridized carbons (Fsp3) is 0.600. The average molecular weight is 428 g/mol. The number of amides is 1. The summed E-state index contributed by atoms with van der Waals surface area (Å²) in [5, 5.41) is 3.27. The second-order valence-electron chi connectivity index (χ2n) is 9.44. The summed E-state index contributed by atoms with van der Waals surface area (Å²) < 4.78 is 16.2. The lowest BCUT2D eigenvalue weighted by Gasteiger charge is -2.57. The molecule has 1 aromatic rings. The quantitative estimate of drug-likeness (QED) is 0.499. The molecular formula is C25H33NO5. The molecular weight excluding hydrogens is 394 g/mol. The normalized spacial score (nSPS) is 29.6. The van der Waals surface area contributed by atoms with Gasteiger partial charge in [0.25, 0.3) is 5.91 Å². The molecule has 168 valence electrons. The molecule has 6 heteroatoms. The van der Waals surface area contributed by atoms with Gasteiger partial charge in [0.1, 0.15) is 0 Å². The van der Waals surface area contributed by atoms with Crippen LogP contribution >= 0.6 is 0 Å². The highest BCUT2D eigenvalue weighted by Gasteiger charge is 2.51. The molecule has 1 aromatic carbocycles. The van der Waals surface area contributed by atoms with E-state index in [0.717, 1.165) is 42.6 Å². The van der Waals surface area contributed by atoms with Crippen LogP contribution in [0.2, 0.25) is 0 Å². The molecule has 4 aliphatic carbocycles. The highest BCUT2D eigenvalue weighted by Crippen LogP contribution is 2.55. The zero-order valence-electron chi connectivity index (χ0n) is 18.7. The van der Waals surface area contributed by atoms with E-state index < -0.39 is 12.1 Å². The molecule has 0 aromatic heterocycles. The Hall–Kier alpha value is -2.50. The Morgan fingerprint density at radius 2 is 1.77 bits per heavy atom. The topological polar surface area (TPSA) is 73.9 Å². The summed E-state index contributed by atoms with van der Waals surface area (Å²) in [6.07, 6.45) is 9.35. The number of carbonyl (C=O) groups excluding carboxylic acids is 2. The number of esters is 1. The number of hydrogen-bond donors (Lipinski definition) is 1. The molecule has 0 spiro atoms. The fourth-order valence-corrected chi connectivity index (χ4v) is 6.12. The van der Waals surface area contributed by atoms with Crippen LogP contribution in [-0.2, 0) is 14.3 Å². The van der Waals surface area contributed by atoms with E-state index in [1.54, 1.807) is 32.2 Å². The monoisotopic (exact) mass is 427 g/mol. The van der Waals surface area contributed by atoms with Crippen molar-refractivity contribution in [2.45, 2.75) is 64.0 Å². The zero-order chi connectivity index (χ0) is 22.0. The predicted octanol–water partition coefficient (Wildman–Crippen LogP) is 4.12. The third kappa shape index (κ3) is 4.89. The zero-order valence-corrected chi connectivity index (χ0v) is 18.7. The Morgan fingerprint density at radius 1 is 1.13 bits per heavy atom. The SMILES string of the molecule is CCOc1cc(/C=C/C(=O)O[C@H](C)C(=O)NC23CC4CC(CC(C4)C2)C3)ccc1OC. The lowest BCUT2D eigenvalue weighted by Crippen LogP contribution is -2.61. The molecule has 31 heavy (non-hydrogen) atoms. The lowest BCUT2D eigenvalue weighted by atomic mass is 9.53. The third-order valence-corrected chi connectivity index (χ3v) is 6.99. The number of methoxy groups -OCH3 is 1. The van der Waals surface area contributed by atoms with E-state index in [4.69, 9.17) is 14.2 Å². The van der Waals surface area contributed by atoms with E-state index in [9.17, 15) is 9.59 Å². The summed E-state index contributed by atoms with van der Waals surface area (Å²) in [4.78, 5) is 25.1. The molecule has 0 unspecified atom stereocenters. The maximum atomic E-state index is 12.8. The molecule has 0 heterocycles. The lowest BCUT2D eigenvalue weighted by molar-refractivity contribution is -0.152. The minimum Gasteiger partial charge on any atom is -0.493 e. The average Bonchev–Trinajstić information content (AvgIpc) is 2.71. The molecule has 4 saturated carbocycles. The molecule has 4 aliphatic rings. The number of rotatable bonds is 8. The molecule has 1 N–H and O–H groups in total. The van der Waals surface area contributed by atoms with Crippen LogP contribution in [0.4, 0.5) is 0 Å².